The fourth-order valence-electron chi connectivity index (χ4n) is 2.35. The molecule has 0 spiro atoms. The third-order valence-corrected chi connectivity index (χ3v) is 3.46. The van der Waals surface area contributed by atoms with Crippen molar-refractivity contribution in [3.05, 3.63) is 35.2 Å². The first-order chi connectivity index (χ1) is 10.1. The Morgan fingerprint density at radius 3 is 2.14 bits per heavy atom. The summed E-state index contributed by atoms with van der Waals surface area (Å²) in [6.45, 7) is 4.58. The first-order valence-electron chi connectivity index (χ1n) is 6.87. The minimum absolute atomic E-state index is 0.598. The van der Waals surface area contributed by atoms with Crippen LogP contribution in [0.5, 0.6) is 11.5 Å². The molecule has 0 aliphatic heterocycles. The van der Waals surface area contributed by atoms with Crippen LogP contribution in [0.1, 0.15) is 17.0 Å². The molecule has 0 bridgehead atoms. The maximum Gasteiger partial charge on any atom is 0.161 e. The average molecular weight is 287 g/mol. The Labute approximate surface area is 125 Å². The molecular weight excluding hydrogens is 266 g/mol. The van der Waals surface area contributed by atoms with Gasteiger partial charge in [-0.2, -0.15) is 0 Å². The van der Waals surface area contributed by atoms with Gasteiger partial charge >= 0.3 is 0 Å². The summed E-state index contributed by atoms with van der Waals surface area (Å²) >= 11 is 0. The molecule has 1 heterocycles. The molecule has 2 rings (SSSR count). The summed E-state index contributed by atoms with van der Waals surface area (Å²) in [5.74, 6) is 2.04. The second-order valence-electron chi connectivity index (χ2n) is 4.81. The Morgan fingerprint density at radius 2 is 1.62 bits per heavy atom. The molecule has 5 nitrogen and oxygen atoms in total. The van der Waals surface area contributed by atoms with Crippen molar-refractivity contribution in [3.63, 3.8) is 0 Å². The molecule has 112 valence electrons. The van der Waals surface area contributed by atoms with E-state index in [1.165, 1.54) is 0 Å². The van der Waals surface area contributed by atoms with Crippen LogP contribution in [-0.2, 0) is 6.42 Å². The van der Waals surface area contributed by atoms with Gasteiger partial charge in [-0.1, -0.05) is 0 Å². The van der Waals surface area contributed by atoms with Gasteiger partial charge in [0, 0.05) is 17.0 Å². The molecule has 0 aliphatic rings. The summed E-state index contributed by atoms with van der Waals surface area (Å²) in [4.78, 5) is 9.18. The van der Waals surface area contributed by atoms with Crippen LogP contribution in [0.4, 0.5) is 0 Å². The zero-order valence-corrected chi connectivity index (χ0v) is 12.9. The van der Waals surface area contributed by atoms with E-state index in [0.29, 0.717) is 23.9 Å². The summed E-state index contributed by atoms with van der Waals surface area (Å²) in [5, 5.41) is 0. The number of hydrogen-bond acceptors (Lipinski definition) is 5. The van der Waals surface area contributed by atoms with Crippen molar-refractivity contribution >= 4 is 0 Å². The summed E-state index contributed by atoms with van der Waals surface area (Å²) in [5.41, 5.74) is 9.60. The zero-order valence-electron chi connectivity index (χ0n) is 12.9. The summed E-state index contributed by atoms with van der Waals surface area (Å²) in [6, 6.07) is 5.67. The molecule has 2 N–H and O–H groups in total. The average Bonchev–Trinajstić information content (AvgIpc) is 2.50. The number of aromatic nitrogens is 2. The van der Waals surface area contributed by atoms with Crippen molar-refractivity contribution in [1.29, 1.82) is 0 Å². The van der Waals surface area contributed by atoms with Crippen molar-refractivity contribution in [2.24, 2.45) is 5.73 Å². The first kappa shape index (κ1) is 15.3. The molecule has 5 heteroatoms. The Hall–Kier alpha value is -2.14. The third-order valence-electron chi connectivity index (χ3n) is 3.46. The van der Waals surface area contributed by atoms with Crippen LogP contribution in [0, 0.1) is 13.8 Å². The molecule has 0 aliphatic carbocycles. The zero-order chi connectivity index (χ0) is 15.4. The van der Waals surface area contributed by atoms with E-state index in [1.807, 2.05) is 32.0 Å². The Balaban J connectivity index is 2.47. The number of ether oxygens (including phenoxy) is 2. The molecule has 2 aromatic rings. The second kappa shape index (κ2) is 6.54. The minimum Gasteiger partial charge on any atom is -0.493 e. The largest absolute Gasteiger partial charge is 0.493 e. The molecule has 0 saturated heterocycles. The lowest BCUT2D eigenvalue weighted by molar-refractivity contribution is 0.355. The van der Waals surface area contributed by atoms with Crippen molar-refractivity contribution < 1.29 is 9.47 Å². The lowest BCUT2D eigenvalue weighted by Crippen LogP contribution is -2.09. The maximum absolute atomic E-state index is 5.63. The van der Waals surface area contributed by atoms with Gasteiger partial charge in [-0.25, -0.2) is 9.97 Å². The normalized spacial score (nSPS) is 10.5. The lowest BCUT2D eigenvalue weighted by atomic mass is 10.1. The molecule has 0 atom stereocenters. The quantitative estimate of drug-likeness (QED) is 0.913. The number of hydrogen-bond donors (Lipinski definition) is 1. The number of nitrogens with two attached hydrogens (primary N) is 1. The van der Waals surface area contributed by atoms with Gasteiger partial charge in [0.15, 0.2) is 17.3 Å². The van der Waals surface area contributed by atoms with Gasteiger partial charge in [-0.15, -0.1) is 0 Å². The molecule has 0 saturated carbocycles. The third kappa shape index (κ3) is 3.13. The van der Waals surface area contributed by atoms with Gasteiger partial charge in [-0.3, -0.25) is 0 Å². The Bertz CT molecular complexity index is 618. The van der Waals surface area contributed by atoms with Crippen LogP contribution in [0.2, 0.25) is 0 Å². The van der Waals surface area contributed by atoms with E-state index in [0.717, 1.165) is 28.9 Å². The van der Waals surface area contributed by atoms with Crippen LogP contribution in [0.25, 0.3) is 11.4 Å². The molecule has 21 heavy (non-hydrogen) atoms. The fraction of sp³-hybridized carbons (Fsp3) is 0.375. The van der Waals surface area contributed by atoms with Crippen molar-refractivity contribution in [2.45, 2.75) is 20.3 Å². The smallest absolute Gasteiger partial charge is 0.161 e. The van der Waals surface area contributed by atoms with E-state index in [1.54, 1.807) is 14.2 Å². The number of nitrogens with zero attached hydrogens (tertiary/aromatic N) is 2. The highest BCUT2D eigenvalue weighted by atomic mass is 16.5. The van der Waals surface area contributed by atoms with Crippen LogP contribution < -0.4 is 15.2 Å². The van der Waals surface area contributed by atoms with Crippen molar-refractivity contribution in [3.8, 4) is 22.9 Å². The van der Waals surface area contributed by atoms with Gasteiger partial charge in [0.25, 0.3) is 0 Å². The van der Waals surface area contributed by atoms with Gasteiger partial charge in [-0.05, 0) is 50.6 Å². The van der Waals surface area contributed by atoms with Crippen LogP contribution >= 0.6 is 0 Å². The monoisotopic (exact) mass is 287 g/mol. The molecular formula is C16H21N3O2. The highest BCUT2D eigenvalue weighted by molar-refractivity contribution is 5.61. The molecule has 0 amide bonds. The maximum atomic E-state index is 5.63. The van der Waals surface area contributed by atoms with Crippen LogP contribution in [-0.4, -0.2) is 30.7 Å². The molecule has 0 fully saturated rings. The predicted octanol–water partition coefficient (Wildman–Crippen LogP) is 2.28. The predicted molar refractivity (Wildman–Crippen MR) is 82.8 cm³/mol. The fourth-order valence-corrected chi connectivity index (χ4v) is 2.35. The van der Waals surface area contributed by atoms with E-state index < -0.39 is 0 Å². The van der Waals surface area contributed by atoms with E-state index >= 15 is 0 Å². The summed E-state index contributed by atoms with van der Waals surface area (Å²) < 4.78 is 10.6. The number of rotatable bonds is 5. The van der Waals surface area contributed by atoms with Gasteiger partial charge in [0.1, 0.15) is 0 Å². The van der Waals surface area contributed by atoms with Crippen molar-refractivity contribution in [2.75, 3.05) is 20.8 Å². The Morgan fingerprint density at radius 1 is 1.00 bits per heavy atom. The van der Waals surface area contributed by atoms with E-state index in [4.69, 9.17) is 15.2 Å². The molecule has 0 radical (unpaired) electrons. The first-order valence-corrected chi connectivity index (χ1v) is 6.87. The molecule has 1 aromatic heterocycles. The summed E-state index contributed by atoms with van der Waals surface area (Å²) in [7, 11) is 3.23. The highest BCUT2D eigenvalue weighted by Gasteiger charge is 2.12. The Kier molecular flexibility index (Phi) is 4.75. The topological polar surface area (TPSA) is 70.3 Å². The van der Waals surface area contributed by atoms with E-state index in [9.17, 15) is 0 Å². The van der Waals surface area contributed by atoms with Crippen LogP contribution in [0.15, 0.2) is 18.2 Å². The highest BCUT2D eigenvalue weighted by Crippen LogP contribution is 2.31. The standard InChI is InChI=1S/C16H21N3O2/c1-10-13(7-8-17)11(2)19-16(18-10)12-5-6-14(20-3)15(9-12)21-4/h5-6,9H,7-8,17H2,1-4H3. The second-order valence-corrected chi connectivity index (χ2v) is 4.81. The lowest BCUT2D eigenvalue weighted by Gasteiger charge is -2.12. The SMILES string of the molecule is COc1ccc(-c2nc(C)c(CCN)c(C)n2)cc1OC. The molecule has 1 aromatic carbocycles. The van der Waals surface area contributed by atoms with Gasteiger partial charge in [0.2, 0.25) is 0 Å². The van der Waals surface area contributed by atoms with Crippen LogP contribution in [0.3, 0.4) is 0 Å². The van der Waals surface area contributed by atoms with E-state index in [2.05, 4.69) is 9.97 Å². The molecule has 0 unspecified atom stereocenters. The number of methoxy groups -OCH3 is 2. The number of benzene rings is 1. The van der Waals surface area contributed by atoms with Crippen molar-refractivity contribution in [1.82, 2.24) is 9.97 Å². The minimum atomic E-state index is 0.598. The number of aryl methyl sites for hydroxylation is 2. The van der Waals surface area contributed by atoms with Gasteiger partial charge in [0.05, 0.1) is 14.2 Å². The summed E-state index contributed by atoms with van der Waals surface area (Å²) in [6.07, 6.45) is 0.796. The van der Waals surface area contributed by atoms with Gasteiger partial charge < -0.3 is 15.2 Å². The van der Waals surface area contributed by atoms with E-state index in [-0.39, 0.29) is 0 Å².